The number of aromatic nitrogens is 3. The van der Waals surface area contributed by atoms with Crippen molar-refractivity contribution in [1.29, 1.82) is 5.26 Å². The number of nitriles is 1. The molecule has 1 spiro atoms. The van der Waals surface area contributed by atoms with Gasteiger partial charge in [-0.25, -0.2) is 23.5 Å². The number of thiophene rings is 1. The Labute approximate surface area is 280 Å². The molecule has 11 nitrogen and oxygen atoms in total. The predicted molar refractivity (Wildman–Crippen MR) is 178 cm³/mol. The fourth-order valence-electron chi connectivity index (χ4n) is 7.46. The second kappa shape index (κ2) is 11.3. The number of anilines is 2. The van der Waals surface area contributed by atoms with E-state index in [-0.39, 0.29) is 50.6 Å². The SMILES string of the molecule is CN1CCN(C2CCN(c3ncc4c5c(c(-c6ncc(F)c7sc(NC(=O)OC(C)(C)C)c(C#N)c67)c(F)c4n3)COC5)C2)CC12CC2. The molecule has 1 N–H and O–H groups in total. The summed E-state index contributed by atoms with van der Waals surface area (Å²) in [6.07, 6.45) is 5.37. The largest absolute Gasteiger partial charge is 0.444 e. The fourth-order valence-corrected chi connectivity index (χ4v) is 8.50. The van der Waals surface area contributed by atoms with Crippen LogP contribution in [0.2, 0.25) is 0 Å². The van der Waals surface area contributed by atoms with E-state index in [9.17, 15) is 10.1 Å². The van der Waals surface area contributed by atoms with Crippen LogP contribution in [0, 0.1) is 23.0 Å². The van der Waals surface area contributed by atoms with E-state index in [1.54, 1.807) is 27.0 Å². The minimum Gasteiger partial charge on any atom is -0.444 e. The Morgan fingerprint density at radius 1 is 1.17 bits per heavy atom. The van der Waals surface area contributed by atoms with Gasteiger partial charge < -0.3 is 14.4 Å². The van der Waals surface area contributed by atoms with Gasteiger partial charge in [-0.3, -0.25) is 20.1 Å². The number of hydrogen-bond acceptors (Lipinski definition) is 11. The van der Waals surface area contributed by atoms with Crippen LogP contribution >= 0.6 is 11.3 Å². The number of nitrogens with zero attached hydrogens (tertiary/aromatic N) is 7. The van der Waals surface area contributed by atoms with Gasteiger partial charge in [0.25, 0.3) is 0 Å². The number of hydrogen-bond donors (Lipinski definition) is 1. The van der Waals surface area contributed by atoms with Crippen LogP contribution in [0.5, 0.6) is 0 Å². The van der Waals surface area contributed by atoms with Crippen LogP contribution in [-0.2, 0) is 22.7 Å². The van der Waals surface area contributed by atoms with E-state index in [1.807, 2.05) is 0 Å². The van der Waals surface area contributed by atoms with Gasteiger partial charge in [-0.2, -0.15) is 5.26 Å². The molecule has 8 rings (SSSR count). The zero-order valence-electron chi connectivity index (χ0n) is 27.3. The number of rotatable bonds is 4. The minimum absolute atomic E-state index is 0.0293. The van der Waals surface area contributed by atoms with Crippen molar-refractivity contribution in [3.05, 3.63) is 40.7 Å². The Morgan fingerprint density at radius 2 is 1.96 bits per heavy atom. The average molecular weight is 675 g/mol. The van der Waals surface area contributed by atoms with Crippen molar-refractivity contribution in [2.45, 2.75) is 70.4 Å². The molecular weight excluding hydrogens is 638 g/mol. The third-order valence-corrected chi connectivity index (χ3v) is 11.3. The summed E-state index contributed by atoms with van der Waals surface area (Å²) >= 11 is 0.874. The van der Waals surface area contributed by atoms with Gasteiger partial charge in [-0.15, -0.1) is 11.3 Å². The monoisotopic (exact) mass is 674 g/mol. The molecule has 250 valence electrons. The molecule has 1 amide bonds. The van der Waals surface area contributed by atoms with Gasteiger partial charge in [0.2, 0.25) is 5.95 Å². The number of ether oxygens (including phenoxy) is 2. The Balaban J connectivity index is 1.19. The van der Waals surface area contributed by atoms with E-state index < -0.39 is 23.3 Å². The number of piperazine rings is 1. The van der Waals surface area contributed by atoms with Gasteiger partial charge in [0.05, 0.1) is 35.4 Å². The highest BCUT2D eigenvalue weighted by molar-refractivity contribution is 7.23. The Bertz CT molecular complexity index is 2040. The van der Waals surface area contributed by atoms with E-state index in [4.69, 9.17) is 19.4 Å². The van der Waals surface area contributed by atoms with Crippen molar-refractivity contribution in [1.82, 2.24) is 24.8 Å². The van der Waals surface area contributed by atoms with E-state index in [0.717, 1.165) is 62.2 Å². The lowest BCUT2D eigenvalue weighted by Gasteiger charge is -2.42. The molecule has 1 atom stereocenters. The molecule has 14 heteroatoms. The first-order chi connectivity index (χ1) is 23.0. The molecule has 0 radical (unpaired) electrons. The second-order valence-electron chi connectivity index (χ2n) is 14.3. The van der Waals surface area contributed by atoms with Crippen LogP contribution in [0.3, 0.4) is 0 Å². The number of nitrogens with one attached hydrogen (secondary N) is 1. The summed E-state index contributed by atoms with van der Waals surface area (Å²) in [7, 11) is 2.23. The van der Waals surface area contributed by atoms with Crippen LogP contribution in [0.15, 0.2) is 12.4 Å². The van der Waals surface area contributed by atoms with Crippen molar-refractivity contribution < 1.29 is 23.0 Å². The minimum atomic E-state index is -0.792. The van der Waals surface area contributed by atoms with Crippen molar-refractivity contribution in [3.63, 3.8) is 0 Å². The van der Waals surface area contributed by atoms with Crippen LogP contribution in [0.25, 0.3) is 32.2 Å². The highest BCUT2D eigenvalue weighted by Crippen LogP contribution is 2.47. The number of carbonyl (C=O) groups excluding carboxylic acids is 1. The molecule has 3 aromatic heterocycles. The number of carbonyl (C=O) groups is 1. The molecule has 1 saturated carbocycles. The number of fused-ring (bicyclic) bond motifs is 4. The molecule has 3 fully saturated rings. The average Bonchev–Trinajstić information content (AvgIpc) is 3.39. The maximum absolute atomic E-state index is 17.0. The normalized spacial score (nSPS) is 20.9. The van der Waals surface area contributed by atoms with Gasteiger partial charge in [-0.1, -0.05) is 0 Å². The van der Waals surface area contributed by atoms with Crippen LogP contribution in [-0.4, -0.2) is 87.8 Å². The van der Waals surface area contributed by atoms with E-state index >= 15 is 8.78 Å². The first kappa shape index (κ1) is 31.3. The van der Waals surface area contributed by atoms with Gasteiger partial charge in [0.1, 0.15) is 22.2 Å². The van der Waals surface area contributed by atoms with Gasteiger partial charge >= 0.3 is 6.09 Å². The molecular formula is C34H36F2N8O3S. The Morgan fingerprint density at radius 3 is 2.71 bits per heavy atom. The van der Waals surface area contributed by atoms with Crippen molar-refractivity contribution >= 4 is 49.4 Å². The van der Waals surface area contributed by atoms with Gasteiger partial charge in [0, 0.05) is 66.8 Å². The predicted octanol–water partition coefficient (Wildman–Crippen LogP) is 5.79. The van der Waals surface area contributed by atoms with Crippen molar-refractivity contribution in [2.75, 3.05) is 50.0 Å². The maximum Gasteiger partial charge on any atom is 0.412 e. The molecule has 48 heavy (non-hydrogen) atoms. The first-order valence-corrected chi connectivity index (χ1v) is 17.1. The van der Waals surface area contributed by atoms with E-state index in [0.29, 0.717) is 28.5 Å². The number of halogens is 2. The lowest BCUT2D eigenvalue weighted by molar-refractivity contribution is 0.0569. The summed E-state index contributed by atoms with van der Waals surface area (Å²) in [4.78, 5) is 33.7. The zero-order chi connectivity index (χ0) is 33.5. The molecule has 1 aromatic carbocycles. The van der Waals surface area contributed by atoms with Crippen LogP contribution in [0.1, 0.15) is 56.7 Å². The lowest BCUT2D eigenvalue weighted by Crippen LogP contribution is -2.56. The molecule has 6 heterocycles. The maximum atomic E-state index is 17.0. The highest BCUT2D eigenvalue weighted by atomic mass is 32.1. The summed E-state index contributed by atoms with van der Waals surface area (Å²) in [5, 5.41) is 13.6. The zero-order valence-corrected chi connectivity index (χ0v) is 28.1. The molecule has 0 bridgehead atoms. The fraction of sp³-hybridized carbons (Fsp3) is 0.500. The van der Waals surface area contributed by atoms with E-state index in [2.05, 4.69) is 38.1 Å². The molecule has 4 aliphatic rings. The lowest BCUT2D eigenvalue weighted by atomic mass is 9.94. The summed E-state index contributed by atoms with van der Waals surface area (Å²) in [6.45, 7) is 10.2. The second-order valence-corrected chi connectivity index (χ2v) is 15.3. The third kappa shape index (κ3) is 5.15. The molecule has 1 aliphatic carbocycles. The Hall–Kier alpha value is -4.03. The quantitative estimate of drug-likeness (QED) is 0.285. The smallest absolute Gasteiger partial charge is 0.412 e. The topological polar surface area (TPSA) is 120 Å². The summed E-state index contributed by atoms with van der Waals surface area (Å²) in [5.74, 6) is -0.874. The number of amides is 1. The Kier molecular flexibility index (Phi) is 7.33. The van der Waals surface area contributed by atoms with Crippen LogP contribution in [0.4, 0.5) is 24.5 Å². The number of benzene rings is 1. The van der Waals surface area contributed by atoms with Gasteiger partial charge in [-0.05, 0) is 58.2 Å². The number of pyridine rings is 1. The van der Waals surface area contributed by atoms with E-state index in [1.165, 1.54) is 12.8 Å². The molecule has 4 aromatic rings. The first-order valence-electron chi connectivity index (χ1n) is 16.3. The van der Waals surface area contributed by atoms with Crippen molar-refractivity contribution in [3.8, 4) is 17.3 Å². The molecule has 2 saturated heterocycles. The standard InChI is InChI=1S/C34H36F2N8O3S/c1-33(2,3)47-32(45)41-30-19(11-37)25-28(38-13-23(35)29(25)48-30)24-22-16-46-15-21(22)20-12-39-31(40-27(20)26(24)36)43-8-5-18(14-43)44-10-9-42(4)34(17-44)6-7-34/h12-13,18H,5-10,14-17H2,1-4H3,(H,41,45). The summed E-state index contributed by atoms with van der Waals surface area (Å²) in [6, 6.07) is 2.46. The highest BCUT2D eigenvalue weighted by Gasteiger charge is 2.50. The summed E-state index contributed by atoms with van der Waals surface area (Å²) in [5.41, 5.74) is 1.11. The van der Waals surface area contributed by atoms with Crippen molar-refractivity contribution in [2.24, 2.45) is 0 Å². The molecule has 3 aliphatic heterocycles. The van der Waals surface area contributed by atoms with Gasteiger partial charge in [0.15, 0.2) is 11.6 Å². The summed E-state index contributed by atoms with van der Waals surface area (Å²) < 4.78 is 43.4. The third-order valence-electron chi connectivity index (χ3n) is 10.1. The number of likely N-dealkylation sites (N-methyl/N-ethyl adjacent to an activating group) is 1. The molecule has 1 unspecified atom stereocenters. The van der Waals surface area contributed by atoms with Crippen LogP contribution < -0.4 is 10.2 Å².